The van der Waals surface area contributed by atoms with E-state index < -0.39 is 0 Å². The molecule has 1 aromatic heterocycles. The lowest BCUT2D eigenvalue weighted by molar-refractivity contribution is -0.142. The maximum absolute atomic E-state index is 12.1. The minimum atomic E-state index is -0.293. The number of carbonyl (C=O) groups is 1. The van der Waals surface area contributed by atoms with E-state index in [4.69, 9.17) is 24.4 Å². The molecule has 0 saturated carbocycles. The summed E-state index contributed by atoms with van der Waals surface area (Å²) in [7, 11) is 0. The first-order valence-corrected chi connectivity index (χ1v) is 11.4. The van der Waals surface area contributed by atoms with Gasteiger partial charge in [-0.25, -0.2) is 0 Å². The van der Waals surface area contributed by atoms with Crippen molar-refractivity contribution in [3.05, 3.63) is 83.6 Å². The Morgan fingerprint density at radius 1 is 0.941 bits per heavy atom. The third-order valence-electron chi connectivity index (χ3n) is 5.47. The van der Waals surface area contributed by atoms with Crippen molar-refractivity contribution in [2.24, 2.45) is 5.73 Å². The maximum Gasteiger partial charge on any atom is 0.310 e. The number of ether oxygens (including phenoxy) is 3. The van der Waals surface area contributed by atoms with Crippen molar-refractivity contribution in [3.63, 3.8) is 0 Å². The molecule has 6 nitrogen and oxygen atoms in total. The second-order valence-electron chi connectivity index (χ2n) is 7.86. The molecular formula is C28H29NO5. The molecule has 0 atom stereocenters. The van der Waals surface area contributed by atoms with Crippen LogP contribution < -0.4 is 15.2 Å². The molecule has 2 N–H and O–H groups in total. The number of hydrogen-bond acceptors (Lipinski definition) is 6. The van der Waals surface area contributed by atoms with Crippen LogP contribution in [0.25, 0.3) is 22.1 Å². The van der Waals surface area contributed by atoms with Crippen LogP contribution in [-0.4, -0.2) is 19.2 Å². The highest BCUT2D eigenvalue weighted by Gasteiger charge is 2.14. The Bertz CT molecular complexity index is 1280. The van der Waals surface area contributed by atoms with Crippen molar-refractivity contribution in [2.75, 3.05) is 13.2 Å². The number of nitrogens with two attached hydrogens (primary N) is 1. The Morgan fingerprint density at radius 3 is 2.62 bits per heavy atom. The highest BCUT2D eigenvalue weighted by Crippen LogP contribution is 2.33. The zero-order valence-electron chi connectivity index (χ0n) is 19.5. The normalized spacial score (nSPS) is 10.9. The number of hydrogen-bond donors (Lipinski definition) is 1. The van der Waals surface area contributed by atoms with Gasteiger partial charge in [0.1, 0.15) is 23.7 Å². The van der Waals surface area contributed by atoms with Crippen molar-refractivity contribution in [1.82, 2.24) is 0 Å². The first-order chi connectivity index (χ1) is 16.6. The highest BCUT2D eigenvalue weighted by atomic mass is 16.5. The van der Waals surface area contributed by atoms with E-state index in [0.717, 1.165) is 38.8 Å². The lowest BCUT2D eigenvalue weighted by atomic mass is 9.99. The zero-order valence-corrected chi connectivity index (χ0v) is 19.5. The van der Waals surface area contributed by atoms with Crippen LogP contribution in [0.3, 0.4) is 0 Å². The molecule has 0 amide bonds. The monoisotopic (exact) mass is 459 g/mol. The fourth-order valence-electron chi connectivity index (χ4n) is 3.91. The minimum Gasteiger partial charge on any atom is -0.494 e. The number of furan rings is 1. The second-order valence-corrected chi connectivity index (χ2v) is 7.86. The summed E-state index contributed by atoms with van der Waals surface area (Å²) < 4.78 is 22.7. The van der Waals surface area contributed by atoms with E-state index in [1.807, 2.05) is 55.5 Å². The smallest absolute Gasteiger partial charge is 0.310 e. The van der Waals surface area contributed by atoms with Crippen LogP contribution >= 0.6 is 0 Å². The van der Waals surface area contributed by atoms with Gasteiger partial charge >= 0.3 is 5.97 Å². The molecule has 0 aliphatic heterocycles. The molecule has 176 valence electrons. The van der Waals surface area contributed by atoms with Crippen molar-refractivity contribution < 1.29 is 23.4 Å². The number of rotatable bonds is 10. The van der Waals surface area contributed by atoms with Crippen LogP contribution in [0.15, 0.2) is 71.3 Å². The van der Waals surface area contributed by atoms with Crippen LogP contribution in [0.4, 0.5) is 0 Å². The van der Waals surface area contributed by atoms with Gasteiger partial charge in [0.15, 0.2) is 0 Å². The Morgan fingerprint density at radius 2 is 1.82 bits per heavy atom. The summed E-state index contributed by atoms with van der Waals surface area (Å²) in [4.78, 5) is 12.1. The number of fused-ring (bicyclic) bond motifs is 1. The molecule has 0 aliphatic rings. The van der Waals surface area contributed by atoms with Crippen LogP contribution in [0.2, 0.25) is 0 Å². The molecule has 0 aliphatic carbocycles. The fraction of sp³-hybridized carbons (Fsp3) is 0.250. The third kappa shape index (κ3) is 5.41. The fourth-order valence-corrected chi connectivity index (χ4v) is 3.91. The van der Waals surface area contributed by atoms with Crippen LogP contribution in [0.5, 0.6) is 11.5 Å². The summed E-state index contributed by atoms with van der Waals surface area (Å²) >= 11 is 0. The van der Waals surface area contributed by atoms with Crippen molar-refractivity contribution in [3.8, 4) is 22.6 Å². The molecular weight excluding hydrogens is 430 g/mol. The topological polar surface area (TPSA) is 83.9 Å². The SMILES string of the molecule is CCOC(=O)Cc1ccc(OCC)cc1OCc1cc(-c2cccc(CN)c2)c2occc2c1. The van der Waals surface area contributed by atoms with E-state index in [-0.39, 0.29) is 12.4 Å². The van der Waals surface area contributed by atoms with Gasteiger partial charge in [-0.3, -0.25) is 4.79 Å². The average molecular weight is 460 g/mol. The van der Waals surface area contributed by atoms with Crippen molar-refractivity contribution in [2.45, 2.75) is 33.4 Å². The van der Waals surface area contributed by atoms with Crippen LogP contribution in [-0.2, 0) is 29.1 Å². The van der Waals surface area contributed by atoms with Gasteiger partial charge in [0.2, 0.25) is 0 Å². The molecule has 0 spiro atoms. The van der Waals surface area contributed by atoms with E-state index in [1.54, 1.807) is 13.2 Å². The second kappa shape index (κ2) is 10.9. The molecule has 0 bridgehead atoms. The predicted octanol–water partition coefficient (Wildman–Crippen LogP) is 5.64. The summed E-state index contributed by atoms with van der Waals surface area (Å²) in [6.07, 6.45) is 1.82. The molecule has 0 unspecified atom stereocenters. The van der Waals surface area contributed by atoms with Crippen LogP contribution in [0, 0.1) is 0 Å². The van der Waals surface area contributed by atoms with Gasteiger partial charge in [-0.15, -0.1) is 0 Å². The van der Waals surface area contributed by atoms with E-state index >= 15 is 0 Å². The molecule has 0 saturated heterocycles. The number of benzene rings is 3. The summed E-state index contributed by atoms with van der Waals surface area (Å²) in [6, 6.07) is 19.7. The summed E-state index contributed by atoms with van der Waals surface area (Å²) in [5.74, 6) is 0.992. The summed E-state index contributed by atoms with van der Waals surface area (Å²) in [6.45, 7) is 5.38. The first kappa shape index (κ1) is 23.4. The lowest BCUT2D eigenvalue weighted by Gasteiger charge is -2.14. The molecule has 6 heteroatoms. The lowest BCUT2D eigenvalue weighted by Crippen LogP contribution is -2.09. The van der Waals surface area contributed by atoms with E-state index in [2.05, 4.69) is 12.1 Å². The summed E-state index contributed by atoms with van der Waals surface area (Å²) in [5, 5.41) is 0.990. The van der Waals surface area contributed by atoms with Gasteiger partial charge in [-0.05, 0) is 60.9 Å². The molecule has 4 rings (SSSR count). The third-order valence-corrected chi connectivity index (χ3v) is 5.47. The van der Waals surface area contributed by atoms with Gasteiger partial charge in [0, 0.05) is 29.1 Å². The molecule has 1 heterocycles. The van der Waals surface area contributed by atoms with Gasteiger partial charge in [-0.2, -0.15) is 0 Å². The minimum absolute atomic E-state index is 0.132. The molecule has 4 aromatic rings. The molecule has 34 heavy (non-hydrogen) atoms. The van der Waals surface area contributed by atoms with E-state index in [0.29, 0.717) is 37.9 Å². The van der Waals surface area contributed by atoms with Gasteiger partial charge in [-0.1, -0.05) is 24.3 Å². The maximum atomic E-state index is 12.1. The van der Waals surface area contributed by atoms with E-state index in [9.17, 15) is 4.79 Å². The van der Waals surface area contributed by atoms with Crippen molar-refractivity contribution in [1.29, 1.82) is 0 Å². The standard InChI is InChI=1S/C28H29NO5/c1-3-31-24-9-8-22(15-27(30)32-4-2)26(16-24)34-18-20-13-23-10-11-33-28(23)25(14-20)21-7-5-6-19(12-21)17-29/h5-14,16H,3-4,15,17-18,29H2,1-2H3. The zero-order chi connectivity index (χ0) is 23.9. The van der Waals surface area contributed by atoms with Crippen LogP contribution in [0.1, 0.15) is 30.5 Å². The Kier molecular flexibility index (Phi) is 7.50. The number of esters is 1. The average Bonchev–Trinajstić information content (AvgIpc) is 3.32. The van der Waals surface area contributed by atoms with E-state index in [1.165, 1.54) is 0 Å². The van der Waals surface area contributed by atoms with Crippen molar-refractivity contribution >= 4 is 16.9 Å². The Balaban J connectivity index is 1.64. The predicted molar refractivity (Wildman–Crippen MR) is 132 cm³/mol. The molecule has 0 radical (unpaired) electrons. The Hall–Kier alpha value is -3.77. The highest BCUT2D eigenvalue weighted by molar-refractivity contribution is 5.93. The Labute approximate surface area is 199 Å². The first-order valence-electron chi connectivity index (χ1n) is 11.4. The summed E-state index contributed by atoms with van der Waals surface area (Å²) in [5.41, 5.74) is 11.5. The van der Waals surface area contributed by atoms with Gasteiger partial charge < -0.3 is 24.4 Å². The quantitative estimate of drug-likeness (QED) is 0.309. The molecule has 3 aromatic carbocycles. The van der Waals surface area contributed by atoms with Gasteiger partial charge in [0.05, 0.1) is 25.9 Å². The largest absolute Gasteiger partial charge is 0.494 e. The number of carbonyl (C=O) groups excluding carboxylic acids is 1. The van der Waals surface area contributed by atoms with Gasteiger partial charge in [0.25, 0.3) is 0 Å². The molecule has 0 fully saturated rings.